The third kappa shape index (κ3) is 4.36. The molecular formula is C25H21N3O5. The van der Waals surface area contributed by atoms with Crippen LogP contribution >= 0.6 is 0 Å². The fourth-order valence-electron chi connectivity index (χ4n) is 3.90. The van der Waals surface area contributed by atoms with Crippen molar-refractivity contribution in [3.8, 4) is 0 Å². The number of benzene rings is 3. The molecule has 1 aliphatic rings. The maximum Gasteiger partial charge on any atom is 0.269 e. The van der Waals surface area contributed by atoms with Crippen LogP contribution in [0.4, 0.5) is 5.69 Å². The first-order valence-electron chi connectivity index (χ1n) is 10.4. The van der Waals surface area contributed by atoms with Crippen LogP contribution in [-0.4, -0.2) is 33.6 Å². The number of amides is 3. The quantitative estimate of drug-likeness (QED) is 0.340. The van der Waals surface area contributed by atoms with E-state index in [0.29, 0.717) is 5.56 Å². The van der Waals surface area contributed by atoms with E-state index in [1.165, 1.54) is 24.3 Å². The van der Waals surface area contributed by atoms with Crippen molar-refractivity contribution in [3.05, 3.63) is 111 Å². The van der Waals surface area contributed by atoms with Gasteiger partial charge in [0, 0.05) is 18.6 Å². The summed E-state index contributed by atoms with van der Waals surface area (Å²) in [6.07, 6.45) is 0.0246. The fraction of sp³-hybridized carbons (Fsp3) is 0.160. The molecule has 0 saturated carbocycles. The van der Waals surface area contributed by atoms with E-state index in [-0.39, 0.29) is 29.3 Å². The number of nitro groups is 1. The SMILES string of the molecule is C[C@@H](NC(=O)[C@@H](Cc1ccc([N+](=O)[O-])cc1)N1C(=O)c2ccccc2C1=O)c1ccccc1. The van der Waals surface area contributed by atoms with Crippen LogP contribution < -0.4 is 5.32 Å². The Labute approximate surface area is 190 Å². The van der Waals surface area contributed by atoms with Crippen LogP contribution in [0.2, 0.25) is 0 Å². The molecule has 0 saturated heterocycles. The van der Waals surface area contributed by atoms with Crippen molar-refractivity contribution in [2.24, 2.45) is 0 Å². The van der Waals surface area contributed by atoms with Gasteiger partial charge in [0.15, 0.2) is 0 Å². The average Bonchev–Trinajstić information content (AvgIpc) is 3.08. The number of hydrogen-bond donors (Lipinski definition) is 1. The largest absolute Gasteiger partial charge is 0.348 e. The third-order valence-electron chi connectivity index (χ3n) is 5.67. The molecule has 0 aliphatic carbocycles. The first-order chi connectivity index (χ1) is 15.9. The van der Waals surface area contributed by atoms with Gasteiger partial charge in [-0.25, -0.2) is 0 Å². The van der Waals surface area contributed by atoms with Crippen LogP contribution in [0, 0.1) is 10.1 Å². The number of rotatable bonds is 7. The van der Waals surface area contributed by atoms with Gasteiger partial charge in [0.1, 0.15) is 6.04 Å². The third-order valence-corrected chi connectivity index (χ3v) is 5.67. The summed E-state index contributed by atoms with van der Waals surface area (Å²) in [7, 11) is 0. The van der Waals surface area contributed by atoms with Crippen LogP contribution in [0.15, 0.2) is 78.9 Å². The number of non-ortho nitro benzene ring substituents is 1. The highest BCUT2D eigenvalue weighted by Crippen LogP contribution is 2.27. The highest BCUT2D eigenvalue weighted by molar-refractivity contribution is 6.22. The topological polar surface area (TPSA) is 110 Å². The Bertz CT molecular complexity index is 1190. The van der Waals surface area contributed by atoms with Gasteiger partial charge < -0.3 is 5.32 Å². The van der Waals surface area contributed by atoms with Crippen LogP contribution in [0.25, 0.3) is 0 Å². The summed E-state index contributed by atoms with van der Waals surface area (Å²) in [5.41, 5.74) is 1.88. The van der Waals surface area contributed by atoms with Crippen molar-refractivity contribution in [3.63, 3.8) is 0 Å². The van der Waals surface area contributed by atoms with Crippen LogP contribution in [0.3, 0.4) is 0 Å². The molecule has 0 unspecified atom stereocenters. The number of hydrogen-bond acceptors (Lipinski definition) is 5. The van der Waals surface area contributed by atoms with E-state index in [0.717, 1.165) is 10.5 Å². The maximum absolute atomic E-state index is 13.4. The van der Waals surface area contributed by atoms with Gasteiger partial charge in [-0.1, -0.05) is 54.6 Å². The van der Waals surface area contributed by atoms with Crippen molar-refractivity contribution in [1.29, 1.82) is 0 Å². The van der Waals surface area contributed by atoms with E-state index in [1.807, 2.05) is 37.3 Å². The molecule has 1 heterocycles. The molecule has 33 heavy (non-hydrogen) atoms. The number of imide groups is 1. The van der Waals surface area contributed by atoms with Crippen LogP contribution in [0.1, 0.15) is 44.8 Å². The Hall–Kier alpha value is -4.33. The van der Waals surface area contributed by atoms with Gasteiger partial charge in [-0.3, -0.25) is 29.4 Å². The molecule has 3 aromatic rings. The van der Waals surface area contributed by atoms with E-state index in [4.69, 9.17) is 0 Å². The molecule has 0 spiro atoms. The second-order valence-corrected chi connectivity index (χ2v) is 7.81. The molecule has 166 valence electrons. The molecule has 2 atom stereocenters. The molecular weight excluding hydrogens is 422 g/mol. The van der Waals surface area contributed by atoms with E-state index in [9.17, 15) is 24.5 Å². The Morgan fingerprint density at radius 3 is 2.00 bits per heavy atom. The van der Waals surface area contributed by atoms with Gasteiger partial charge >= 0.3 is 0 Å². The van der Waals surface area contributed by atoms with Gasteiger partial charge in [-0.05, 0) is 30.2 Å². The summed E-state index contributed by atoms with van der Waals surface area (Å²) in [4.78, 5) is 51.0. The Kier molecular flexibility index (Phi) is 5.99. The van der Waals surface area contributed by atoms with Crippen molar-refractivity contribution in [2.75, 3.05) is 0 Å². The second kappa shape index (κ2) is 9.04. The number of nitrogens with zero attached hydrogens (tertiary/aromatic N) is 2. The zero-order chi connectivity index (χ0) is 23.5. The van der Waals surface area contributed by atoms with Gasteiger partial charge in [0.2, 0.25) is 5.91 Å². The van der Waals surface area contributed by atoms with E-state index < -0.39 is 28.7 Å². The summed E-state index contributed by atoms with van der Waals surface area (Å²) >= 11 is 0. The molecule has 4 rings (SSSR count). The Balaban J connectivity index is 1.65. The van der Waals surface area contributed by atoms with E-state index in [1.54, 1.807) is 24.3 Å². The minimum absolute atomic E-state index is 0.0246. The Morgan fingerprint density at radius 2 is 1.45 bits per heavy atom. The standard InChI is InChI=1S/C25H21N3O5/c1-16(18-7-3-2-4-8-18)26-23(29)22(15-17-11-13-19(14-12-17)28(32)33)27-24(30)20-9-5-6-10-21(20)25(27)31/h2-14,16,22H,15H2,1H3,(H,26,29)/t16-,22-/m1/s1. The summed E-state index contributed by atoms with van der Waals surface area (Å²) < 4.78 is 0. The minimum Gasteiger partial charge on any atom is -0.348 e. The highest BCUT2D eigenvalue weighted by atomic mass is 16.6. The molecule has 8 heteroatoms. The summed E-state index contributed by atoms with van der Waals surface area (Å²) in [5, 5.41) is 13.9. The molecule has 0 fully saturated rings. The normalized spacial score (nSPS) is 14.5. The van der Waals surface area contributed by atoms with Crippen molar-refractivity contribution in [1.82, 2.24) is 10.2 Å². The van der Waals surface area contributed by atoms with Gasteiger partial charge in [0.25, 0.3) is 17.5 Å². The number of nitrogens with one attached hydrogen (secondary N) is 1. The number of carbonyl (C=O) groups is 3. The van der Waals surface area contributed by atoms with Crippen LogP contribution in [0.5, 0.6) is 0 Å². The Morgan fingerprint density at radius 1 is 0.909 bits per heavy atom. The highest BCUT2D eigenvalue weighted by Gasteiger charge is 2.42. The maximum atomic E-state index is 13.4. The zero-order valence-corrected chi connectivity index (χ0v) is 17.8. The number of carbonyl (C=O) groups excluding carboxylic acids is 3. The minimum atomic E-state index is -1.12. The van der Waals surface area contributed by atoms with E-state index in [2.05, 4.69) is 5.32 Å². The lowest BCUT2D eigenvalue weighted by Gasteiger charge is -2.27. The summed E-state index contributed by atoms with van der Waals surface area (Å²) in [6, 6.07) is 20.0. The zero-order valence-electron chi connectivity index (χ0n) is 17.8. The van der Waals surface area contributed by atoms with Crippen molar-refractivity contribution < 1.29 is 19.3 Å². The van der Waals surface area contributed by atoms with Gasteiger partial charge in [-0.15, -0.1) is 0 Å². The molecule has 0 aromatic heterocycles. The van der Waals surface area contributed by atoms with Crippen molar-refractivity contribution in [2.45, 2.75) is 25.4 Å². The average molecular weight is 443 g/mol. The van der Waals surface area contributed by atoms with Gasteiger partial charge in [0.05, 0.1) is 22.1 Å². The van der Waals surface area contributed by atoms with Gasteiger partial charge in [-0.2, -0.15) is 0 Å². The number of fused-ring (bicyclic) bond motifs is 1. The smallest absolute Gasteiger partial charge is 0.269 e. The molecule has 3 amide bonds. The molecule has 0 bridgehead atoms. The van der Waals surface area contributed by atoms with Crippen molar-refractivity contribution >= 4 is 23.4 Å². The molecule has 1 N–H and O–H groups in total. The first kappa shape index (κ1) is 21.9. The lowest BCUT2D eigenvalue weighted by atomic mass is 10.0. The van der Waals surface area contributed by atoms with E-state index >= 15 is 0 Å². The molecule has 8 nitrogen and oxygen atoms in total. The molecule has 0 radical (unpaired) electrons. The predicted octanol–water partition coefficient (Wildman–Crippen LogP) is 3.68. The predicted molar refractivity (Wildman–Crippen MR) is 121 cm³/mol. The lowest BCUT2D eigenvalue weighted by molar-refractivity contribution is -0.384. The number of nitro benzene ring substituents is 1. The summed E-state index contributed by atoms with van der Waals surface area (Å²) in [6.45, 7) is 1.82. The molecule has 3 aromatic carbocycles. The fourth-order valence-corrected chi connectivity index (χ4v) is 3.90. The lowest BCUT2D eigenvalue weighted by Crippen LogP contribution is -2.51. The monoisotopic (exact) mass is 443 g/mol. The summed E-state index contributed by atoms with van der Waals surface area (Å²) in [5.74, 6) is -1.56. The van der Waals surface area contributed by atoms with Crippen LogP contribution in [-0.2, 0) is 11.2 Å². The second-order valence-electron chi connectivity index (χ2n) is 7.81. The first-order valence-corrected chi connectivity index (χ1v) is 10.4. The molecule has 1 aliphatic heterocycles.